The van der Waals surface area contributed by atoms with Crippen LogP contribution in [-0.2, 0) is 28.5 Å². The van der Waals surface area contributed by atoms with Crippen molar-refractivity contribution in [1.82, 2.24) is 0 Å². The van der Waals surface area contributed by atoms with Gasteiger partial charge in [0.15, 0.2) is 6.10 Å². The van der Waals surface area contributed by atoms with E-state index in [1.807, 2.05) is 0 Å². The van der Waals surface area contributed by atoms with Crippen molar-refractivity contribution in [2.24, 2.45) is 0 Å². The zero-order valence-electron chi connectivity index (χ0n) is 14.2. The average molecular weight is 368 g/mol. The number of esters is 3. The van der Waals surface area contributed by atoms with Gasteiger partial charge in [-0.25, -0.2) is 14.4 Å². The number of aliphatic hydroxyl groups excluding tert-OH is 1. The van der Waals surface area contributed by atoms with Crippen LogP contribution in [0.5, 0.6) is 0 Å². The fraction of sp³-hybridized carbons (Fsp3) is 0.471. The summed E-state index contributed by atoms with van der Waals surface area (Å²) in [5, 5.41) is 8.62. The van der Waals surface area contributed by atoms with Crippen molar-refractivity contribution in [3.63, 3.8) is 0 Å². The molecule has 1 aromatic carbocycles. The minimum absolute atomic E-state index is 0.112. The maximum Gasteiger partial charge on any atom is 0.347 e. The average Bonchev–Trinajstić information content (AvgIpc) is 2.66. The second-order valence-corrected chi connectivity index (χ2v) is 5.40. The predicted molar refractivity (Wildman–Crippen MR) is 85.3 cm³/mol. The lowest BCUT2D eigenvalue weighted by molar-refractivity contribution is -0.189. The van der Waals surface area contributed by atoms with E-state index in [1.165, 1.54) is 31.2 Å². The standard InChI is InChI=1S/C17H20O9/c1-11(15(19)26-14-8-22-10-23-9-14)25-17(21)13-4-2-12(3-5-13)16(20)24-7-6-18/h2-5,11,14,18H,6-10H2,1H3. The van der Waals surface area contributed by atoms with E-state index < -0.39 is 30.1 Å². The van der Waals surface area contributed by atoms with Gasteiger partial charge >= 0.3 is 17.9 Å². The van der Waals surface area contributed by atoms with Gasteiger partial charge in [-0.05, 0) is 31.2 Å². The lowest BCUT2D eigenvalue weighted by atomic mass is 10.1. The van der Waals surface area contributed by atoms with E-state index in [-0.39, 0.29) is 44.3 Å². The molecule has 142 valence electrons. The van der Waals surface area contributed by atoms with Crippen LogP contribution in [0.15, 0.2) is 24.3 Å². The molecule has 0 radical (unpaired) electrons. The molecule has 0 aliphatic carbocycles. The first kappa shape index (κ1) is 19.8. The van der Waals surface area contributed by atoms with Gasteiger partial charge in [0.2, 0.25) is 0 Å². The van der Waals surface area contributed by atoms with E-state index in [9.17, 15) is 14.4 Å². The zero-order valence-corrected chi connectivity index (χ0v) is 14.2. The second-order valence-electron chi connectivity index (χ2n) is 5.40. The van der Waals surface area contributed by atoms with E-state index >= 15 is 0 Å². The van der Waals surface area contributed by atoms with Gasteiger partial charge in [-0.1, -0.05) is 0 Å². The van der Waals surface area contributed by atoms with Crippen molar-refractivity contribution in [3.05, 3.63) is 35.4 Å². The van der Waals surface area contributed by atoms with Gasteiger partial charge in [-0.3, -0.25) is 0 Å². The Morgan fingerprint density at radius 3 is 2.27 bits per heavy atom. The molecule has 0 aromatic heterocycles. The summed E-state index contributed by atoms with van der Waals surface area (Å²) in [6, 6.07) is 5.52. The van der Waals surface area contributed by atoms with Crippen LogP contribution in [0.4, 0.5) is 0 Å². The van der Waals surface area contributed by atoms with E-state index in [0.29, 0.717) is 0 Å². The van der Waals surface area contributed by atoms with Crippen LogP contribution in [0.3, 0.4) is 0 Å². The van der Waals surface area contributed by atoms with E-state index in [0.717, 1.165) is 0 Å². The number of ether oxygens (including phenoxy) is 5. The van der Waals surface area contributed by atoms with Crippen LogP contribution in [0.1, 0.15) is 27.6 Å². The van der Waals surface area contributed by atoms with Crippen LogP contribution in [0.25, 0.3) is 0 Å². The molecule has 1 aromatic rings. The molecular weight excluding hydrogens is 348 g/mol. The van der Waals surface area contributed by atoms with Crippen LogP contribution in [0.2, 0.25) is 0 Å². The van der Waals surface area contributed by atoms with Crippen LogP contribution in [0, 0.1) is 0 Å². The largest absolute Gasteiger partial charge is 0.460 e. The Hall–Kier alpha value is -2.49. The van der Waals surface area contributed by atoms with Gasteiger partial charge in [0.1, 0.15) is 19.5 Å². The normalized spacial score (nSPS) is 15.8. The Morgan fingerprint density at radius 2 is 1.69 bits per heavy atom. The van der Waals surface area contributed by atoms with Gasteiger partial charge in [0, 0.05) is 0 Å². The minimum atomic E-state index is -1.11. The molecule has 1 fully saturated rings. The Labute approximate surface area is 149 Å². The number of carbonyl (C=O) groups is 3. The maximum absolute atomic E-state index is 12.1. The highest BCUT2D eigenvalue weighted by Crippen LogP contribution is 2.10. The highest BCUT2D eigenvalue weighted by Gasteiger charge is 2.25. The number of hydrogen-bond donors (Lipinski definition) is 1. The molecule has 1 heterocycles. The molecule has 1 aliphatic heterocycles. The Bertz CT molecular complexity index is 620. The van der Waals surface area contributed by atoms with Gasteiger partial charge in [-0.2, -0.15) is 0 Å². The number of benzene rings is 1. The Balaban J connectivity index is 1.85. The first-order valence-corrected chi connectivity index (χ1v) is 7.96. The third-order valence-corrected chi connectivity index (χ3v) is 3.35. The quantitative estimate of drug-likeness (QED) is 0.535. The fourth-order valence-corrected chi connectivity index (χ4v) is 2.04. The molecule has 1 aliphatic rings. The van der Waals surface area contributed by atoms with Crippen molar-refractivity contribution < 1.29 is 43.2 Å². The summed E-state index contributed by atoms with van der Waals surface area (Å²) in [5.41, 5.74) is 0.382. The van der Waals surface area contributed by atoms with Crippen molar-refractivity contribution in [2.75, 3.05) is 33.2 Å². The van der Waals surface area contributed by atoms with E-state index in [2.05, 4.69) is 0 Å². The van der Waals surface area contributed by atoms with Gasteiger partial charge in [0.05, 0.1) is 30.9 Å². The third-order valence-electron chi connectivity index (χ3n) is 3.35. The van der Waals surface area contributed by atoms with Gasteiger partial charge < -0.3 is 28.8 Å². The van der Waals surface area contributed by atoms with Crippen molar-refractivity contribution in [3.8, 4) is 0 Å². The first-order valence-electron chi connectivity index (χ1n) is 7.96. The Morgan fingerprint density at radius 1 is 1.12 bits per heavy atom. The zero-order chi connectivity index (χ0) is 18.9. The van der Waals surface area contributed by atoms with E-state index in [1.54, 1.807) is 0 Å². The molecule has 1 N–H and O–H groups in total. The molecule has 0 bridgehead atoms. The molecule has 1 saturated heterocycles. The van der Waals surface area contributed by atoms with Crippen molar-refractivity contribution in [1.29, 1.82) is 0 Å². The van der Waals surface area contributed by atoms with Gasteiger partial charge in [-0.15, -0.1) is 0 Å². The molecule has 1 unspecified atom stereocenters. The van der Waals surface area contributed by atoms with E-state index in [4.69, 9.17) is 28.8 Å². The summed E-state index contributed by atoms with van der Waals surface area (Å²) in [6.45, 7) is 1.61. The molecule has 0 spiro atoms. The summed E-state index contributed by atoms with van der Waals surface area (Å²) in [7, 11) is 0. The molecule has 0 amide bonds. The maximum atomic E-state index is 12.1. The summed E-state index contributed by atoms with van der Waals surface area (Å²) in [6.07, 6.45) is -1.65. The molecule has 1 atom stereocenters. The number of aliphatic hydroxyl groups is 1. The lowest BCUT2D eigenvalue weighted by Crippen LogP contribution is -2.37. The SMILES string of the molecule is CC(OC(=O)c1ccc(C(=O)OCCO)cc1)C(=O)OC1COCOC1. The van der Waals surface area contributed by atoms with Crippen molar-refractivity contribution >= 4 is 17.9 Å². The van der Waals surface area contributed by atoms with Gasteiger partial charge in [0.25, 0.3) is 0 Å². The number of hydrogen-bond acceptors (Lipinski definition) is 9. The topological polar surface area (TPSA) is 118 Å². The highest BCUT2D eigenvalue weighted by atomic mass is 16.7. The third kappa shape index (κ3) is 5.80. The second kappa shape index (κ2) is 9.85. The van der Waals surface area contributed by atoms with Crippen LogP contribution >= 0.6 is 0 Å². The number of rotatable bonds is 7. The Kier molecular flexibility index (Phi) is 7.52. The molecule has 0 saturated carbocycles. The smallest absolute Gasteiger partial charge is 0.347 e. The predicted octanol–water partition coefficient (Wildman–Crippen LogP) is 0.297. The molecule has 9 heteroatoms. The first-order chi connectivity index (χ1) is 12.5. The molecule has 2 rings (SSSR count). The lowest BCUT2D eigenvalue weighted by Gasteiger charge is -2.23. The highest BCUT2D eigenvalue weighted by molar-refractivity contribution is 5.94. The number of carbonyl (C=O) groups excluding carboxylic acids is 3. The van der Waals surface area contributed by atoms with Crippen LogP contribution < -0.4 is 0 Å². The van der Waals surface area contributed by atoms with Crippen molar-refractivity contribution in [2.45, 2.75) is 19.1 Å². The minimum Gasteiger partial charge on any atom is -0.460 e. The summed E-state index contributed by atoms with van der Waals surface area (Å²) >= 11 is 0. The summed E-state index contributed by atoms with van der Waals surface area (Å²) in [4.78, 5) is 35.6. The molecular formula is C17H20O9. The molecule has 26 heavy (non-hydrogen) atoms. The molecule has 9 nitrogen and oxygen atoms in total. The monoisotopic (exact) mass is 368 g/mol. The fourth-order valence-electron chi connectivity index (χ4n) is 2.04. The van der Waals surface area contributed by atoms with Crippen LogP contribution in [-0.4, -0.2) is 68.4 Å². The summed E-state index contributed by atoms with van der Waals surface area (Å²) in [5.74, 6) is -2.06. The summed E-state index contributed by atoms with van der Waals surface area (Å²) < 4.78 is 25.0.